The second-order valence-corrected chi connectivity index (χ2v) is 7.22. The Hall–Kier alpha value is -4.09. The minimum Gasteiger partial charge on any atom is -0.346 e. The molecule has 8 nitrogen and oxygen atoms in total. The van der Waals surface area contributed by atoms with Gasteiger partial charge in [0.05, 0.1) is 11.4 Å². The Bertz CT molecular complexity index is 1290. The lowest BCUT2D eigenvalue weighted by Crippen LogP contribution is -2.27. The molecule has 0 saturated carbocycles. The molecule has 0 saturated heterocycles. The second-order valence-electron chi connectivity index (χ2n) is 7.22. The summed E-state index contributed by atoms with van der Waals surface area (Å²) in [4.78, 5) is 16.8. The maximum atomic E-state index is 13.7. The minimum atomic E-state index is -4.92. The lowest BCUT2D eigenvalue weighted by molar-refractivity contribution is -0.143. The first-order chi connectivity index (χ1) is 15.6. The average molecular weight is 459 g/mol. The highest BCUT2D eigenvalue weighted by molar-refractivity contribution is 5.93. The van der Waals surface area contributed by atoms with Crippen molar-refractivity contribution in [1.82, 2.24) is 35.1 Å². The molecule has 1 aromatic carbocycles. The number of hydrogen-bond acceptors (Lipinski definition) is 5. The van der Waals surface area contributed by atoms with Crippen LogP contribution in [0.25, 0.3) is 11.5 Å². The summed E-state index contributed by atoms with van der Waals surface area (Å²) in [5.74, 6) is -1.11. The van der Waals surface area contributed by atoms with Gasteiger partial charge in [-0.05, 0) is 55.8 Å². The van der Waals surface area contributed by atoms with Crippen molar-refractivity contribution in [2.45, 2.75) is 26.6 Å². The van der Waals surface area contributed by atoms with Gasteiger partial charge < -0.3 is 5.32 Å². The number of carbonyl (C=O) groups excluding carboxylic acids is 1. The molecule has 4 rings (SSSR count). The largest absolute Gasteiger partial charge is 0.435 e. The van der Waals surface area contributed by atoms with Crippen LogP contribution in [0.4, 0.5) is 17.6 Å². The number of alkyl halides is 3. The maximum absolute atomic E-state index is 13.7. The van der Waals surface area contributed by atoms with Gasteiger partial charge in [0.1, 0.15) is 5.82 Å². The number of amides is 1. The van der Waals surface area contributed by atoms with E-state index in [0.717, 1.165) is 35.7 Å². The van der Waals surface area contributed by atoms with Gasteiger partial charge in [-0.1, -0.05) is 11.3 Å². The van der Waals surface area contributed by atoms with E-state index in [1.54, 1.807) is 16.8 Å². The van der Waals surface area contributed by atoms with Gasteiger partial charge in [0.25, 0.3) is 5.91 Å². The van der Waals surface area contributed by atoms with E-state index < -0.39 is 29.3 Å². The first-order valence-electron chi connectivity index (χ1n) is 9.69. The number of rotatable bonds is 5. The summed E-state index contributed by atoms with van der Waals surface area (Å²) in [5, 5.41) is 13.6. The van der Waals surface area contributed by atoms with E-state index in [-0.39, 0.29) is 12.2 Å². The predicted octanol–water partition coefficient (Wildman–Crippen LogP) is 3.55. The normalized spacial score (nSPS) is 11.6. The van der Waals surface area contributed by atoms with E-state index >= 15 is 0 Å². The van der Waals surface area contributed by atoms with Crippen LogP contribution >= 0.6 is 0 Å². The molecule has 0 radical (unpaired) electrons. The van der Waals surface area contributed by atoms with Crippen molar-refractivity contribution in [2.24, 2.45) is 0 Å². The first-order valence-corrected chi connectivity index (χ1v) is 9.69. The first kappa shape index (κ1) is 22.1. The molecule has 33 heavy (non-hydrogen) atoms. The van der Waals surface area contributed by atoms with Gasteiger partial charge in [0.15, 0.2) is 17.2 Å². The Kier molecular flexibility index (Phi) is 5.66. The number of nitrogens with one attached hydrogen (secondary N) is 1. The van der Waals surface area contributed by atoms with E-state index in [1.807, 2.05) is 19.9 Å². The third-order valence-electron chi connectivity index (χ3n) is 4.71. The number of hydrogen-bond donors (Lipinski definition) is 1. The number of carbonyl (C=O) groups is 1. The van der Waals surface area contributed by atoms with Crippen molar-refractivity contribution in [3.63, 3.8) is 0 Å². The zero-order valence-electron chi connectivity index (χ0n) is 17.4. The fourth-order valence-corrected chi connectivity index (χ4v) is 3.23. The summed E-state index contributed by atoms with van der Waals surface area (Å²) in [5.41, 5.74) is -0.0410. The van der Waals surface area contributed by atoms with Crippen molar-refractivity contribution < 1.29 is 22.4 Å². The molecule has 0 spiro atoms. The highest BCUT2D eigenvalue weighted by atomic mass is 19.4. The van der Waals surface area contributed by atoms with Crippen molar-refractivity contribution in [3.05, 3.63) is 82.8 Å². The summed E-state index contributed by atoms with van der Waals surface area (Å²) in [6.07, 6.45) is -3.43. The lowest BCUT2D eigenvalue weighted by Gasteiger charge is -2.11. The molecule has 4 aromatic rings. The van der Waals surface area contributed by atoms with Crippen LogP contribution < -0.4 is 5.32 Å². The summed E-state index contributed by atoms with van der Waals surface area (Å²) in [6, 6.07) is 9.45. The molecule has 0 aliphatic rings. The third kappa shape index (κ3) is 4.59. The Balaban J connectivity index is 1.53. The molecule has 0 aliphatic heterocycles. The zero-order chi connectivity index (χ0) is 23.8. The van der Waals surface area contributed by atoms with Gasteiger partial charge >= 0.3 is 6.18 Å². The molecule has 3 aromatic heterocycles. The zero-order valence-corrected chi connectivity index (χ0v) is 17.4. The van der Waals surface area contributed by atoms with Crippen LogP contribution in [0, 0.1) is 19.7 Å². The Morgan fingerprint density at radius 1 is 1.06 bits per heavy atom. The SMILES string of the molecule is Cc1cc(C)n(-c2ccc(CNC(=O)c3nnn(-c4ccc(F)cc4)c3C(F)(F)F)cn2)n1. The van der Waals surface area contributed by atoms with Gasteiger partial charge in [-0.2, -0.15) is 18.3 Å². The highest BCUT2D eigenvalue weighted by Gasteiger charge is 2.42. The van der Waals surface area contributed by atoms with Crippen LogP contribution in [0.3, 0.4) is 0 Å². The molecular weight excluding hydrogens is 442 g/mol. The number of pyridine rings is 1. The van der Waals surface area contributed by atoms with E-state index in [1.165, 1.54) is 6.20 Å². The quantitative estimate of drug-likeness (QED) is 0.461. The fraction of sp³-hybridized carbons (Fsp3) is 0.190. The molecule has 0 aliphatic carbocycles. The van der Waals surface area contributed by atoms with Crippen molar-refractivity contribution in [3.8, 4) is 11.5 Å². The van der Waals surface area contributed by atoms with Gasteiger partial charge in [-0.15, -0.1) is 5.10 Å². The standard InChI is InChI=1S/C21H17F4N7O/c1-12-9-13(2)31(29-12)17-8-3-14(10-26-17)11-27-20(33)18-19(21(23,24)25)32(30-28-18)16-6-4-15(22)5-7-16/h3-10H,11H2,1-2H3,(H,27,33). The summed E-state index contributed by atoms with van der Waals surface area (Å²) in [6.45, 7) is 3.66. The van der Waals surface area contributed by atoms with Gasteiger partial charge in [0, 0.05) is 18.4 Å². The van der Waals surface area contributed by atoms with Crippen molar-refractivity contribution >= 4 is 5.91 Å². The molecule has 1 amide bonds. The molecule has 3 heterocycles. The summed E-state index contributed by atoms with van der Waals surface area (Å²) >= 11 is 0. The summed E-state index contributed by atoms with van der Waals surface area (Å²) < 4.78 is 56.3. The minimum absolute atomic E-state index is 0.0794. The highest BCUT2D eigenvalue weighted by Crippen LogP contribution is 2.32. The average Bonchev–Trinajstić information content (AvgIpc) is 3.36. The molecule has 170 valence electrons. The number of aryl methyl sites for hydroxylation is 2. The number of nitrogens with zero attached hydrogens (tertiary/aromatic N) is 6. The van der Waals surface area contributed by atoms with Crippen LogP contribution in [0.2, 0.25) is 0 Å². The van der Waals surface area contributed by atoms with Crippen LogP contribution in [0.15, 0.2) is 48.7 Å². The lowest BCUT2D eigenvalue weighted by atomic mass is 10.2. The smallest absolute Gasteiger partial charge is 0.346 e. The molecular formula is C21H17F4N7O. The number of halogens is 4. The van der Waals surface area contributed by atoms with Crippen molar-refractivity contribution in [2.75, 3.05) is 0 Å². The summed E-state index contributed by atoms with van der Waals surface area (Å²) in [7, 11) is 0. The fourth-order valence-electron chi connectivity index (χ4n) is 3.23. The monoisotopic (exact) mass is 459 g/mol. The molecule has 0 atom stereocenters. The molecule has 0 fully saturated rings. The van der Waals surface area contributed by atoms with Gasteiger partial charge in [-0.25, -0.2) is 18.7 Å². The molecule has 1 N–H and O–H groups in total. The predicted molar refractivity (Wildman–Crippen MR) is 108 cm³/mol. The third-order valence-corrected chi connectivity index (χ3v) is 4.71. The van der Waals surface area contributed by atoms with Crippen LogP contribution in [-0.4, -0.2) is 35.7 Å². The van der Waals surface area contributed by atoms with Crippen LogP contribution in [0.5, 0.6) is 0 Å². The van der Waals surface area contributed by atoms with E-state index in [0.29, 0.717) is 16.1 Å². The second kappa shape index (κ2) is 8.45. The van der Waals surface area contributed by atoms with Crippen LogP contribution in [0.1, 0.15) is 33.1 Å². The van der Waals surface area contributed by atoms with Crippen LogP contribution in [-0.2, 0) is 12.7 Å². The molecule has 0 unspecified atom stereocenters. The Labute approximate surface area is 184 Å². The molecule has 0 bridgehead atoms. The van der Waals surface area contributed by atoms with Gasteiger partial charge in [0.2, 0.25) is 0 Å². The van der Waals surface area contributed by atoms with E-state index in [2.05, 4.69) is 25.7 Å². The molecule has 12 heteroatoms. The topological polar surface area (TPSA) is 90.5 Å². The maximum Gasteiger partial charge on any atom is 0.435 e. The Morgan fingerprint density at radius 2 is 1.79 bits per heavy atom. The van der Waals surface area contributed by atoms with Crippen molar-refractivity contribution in [1.29, 1.82) is 0 Å². The number of aromatic nitrogens is 6. The van der Waals surface area contributed by atoms with E-state index in [4.69, 9.17) is 0 Å². The van der Waals surface area contributed by atoms with E-state index in [9.17, 15) is 22.4 Å². The Morgan fingerprint density at radius 3 is 2.36 bits per heavy atom. The van der Waals surface area contributed by atoms with Gasteiger partial charge in [-0.3, -0.25) is 4.79 Å². The number of benzene rings is 1.